The molecule has 1 aliphatic heterocycles. The van der Waals surface area contributed by atoms with Crippen molar-refractivity contribution in [1.82, 2.24) is 9.88 Å². The van der Waals surface area contributed by atoms with E-state index in [1.165, 1.54) is 0 Å². The third-order valence-corrected chi connectivity index (χ3v) is 4.25. The molecule has 1 N–H and O–H groups in total. The predicted octanol–water partition coefficient (Wildman–Crippen LogP) is 2.56. The van der Waals surface area contributed by atoms with E-state index in [0.29, 0.717) is 12.8 Å². The fourth-order valence-electron chi connectivity index (χ4n) is 2.44. The van der Waals surface area contributed by atoms with E-state index in [9.17, 15) is 9.59 Å². The Morgan fingerprint density at radius 2 is 2.00 bits per heavy atom. The molecule has 19 heavy (non-hydrogen) atoms. The Hall–Kier alpha value is -1.62. The molecule has 0 radical (unpaired) electrons. The first-order valence-corrected chi connectivity index (χ1v) is 6.90. The zero-order valence-corrected chi connectivity index (χ0v) is 12.0. The molecule has 0 unspecified atom stereocenters. The van der Waals surface area contributed by atoms with Gasteiger partial charge >= 0.3 is 0 Å². The van der Waals surface area contributed by atoms with Crippen LogP contribution >= 0.6 is 15.9 Å². The summed E-state index contributed by atoms with van der Waals surface area (Å²) in [7, 11) is 0. The summed E-state index contributed by atoms with van der Waals surface area (Å²) < 4.78 is 2.91. The third-order valence-electron chi connectivity index (χ3n) is 3.76. The van der Waals surface area contributed by atoms with Gasteiger partial charge < -0.3 is 4.57 Å². The second kappa shape index (κ2) is 4.20. The van der Waals surface area contributed by atoms with Crippen molar-refractivity contribution in [2.45, 2.75) is 25.3 Å². The number of carbonyl (C=O) groups is 2. The molecule has 1 atom stereocenters. The highest BCUT2D eigenvalue weighted by molar-refractivity contribution is 9.10. The highest BCUT2D eigenvalue weighted by Gasteiger charge is 2.39. The zero-order valence-electron chi connectivity index (χ0n) is 10.4. The number of carbonyl (C=O) groups excluding carboxylic acids is 2. The molecule has 5 heteroatoms. The maximum absolute atomic E-state index is 12.1. The molecule has 3 rings (SSSR count). The van der Waals surface area contributed by atoms with Crippen molar-refractivity contribution in [3.63, 3.8) is 0 Å². The number of amides is 2. The van der Waals surface area contributed by atoms with Gasteiger partial charge in [0, 0.05) is 28.7 Å². The molecule has 2 amide bonds. The lowest BCUT2D eigenvalue weighted by Gasteiger charge is -2.33. The van der Waals surface area contributed by atoms with Crippen molar-refractivity contribution >= 4 is 38.5 Å². The van der Waals surface area contributed by atoms with Gasteiger partial charge in [0.2, 0.25) is 5.91 Å². The molecule has 1 fully saturated rings. The summed E-state index contributed by atoms with van der Waals surface area (Å²) in [6.07, 6.45) is 4.81. The fraction of sp³-hybridized carbons (Fsp3) is 0.286. The predicted molar refractivity (Wildman–Crippen MR) is 75.7 cm³/mol. The minimum Gasteiger partial charge on any atom is -0.338 e. The van der Waals surface area contributed by atoms with Gasteiger partial charge in [0.15, 0.2) is 0 Å². The van der Waals surface area contributed by atoms with Crippen molar-refractivity contribution in [3.8, 4) is 0 Å². The van der Waals surface area contributed by atoms with Gasteiger partial charge in [0.25, 0.3) is 5.91 Å². The number of benzene rings is 1. The summed E-state index contributed by atoms with van der Waals surface area (Å²) in [5.41, 5.74) is -0.695. The molecule has 0 saturated carbocycles. The molecule has 0 aliphatic carbocycles. The average molecular weight is 321 g/mol. The van der Waals surface area contributed by atoms with E-state index < -0.39 is 5.54 Å². The number of halogens is 1. The number of aromatic nitrogens is 1. The maximum atomic E-state index is 12.1. The number of nitrogens with one attached hydrogen (secondary N) is 1. The number of hydrogen-bond acceptors (Lipinski definition) is 2. The highest BCUT2D eigenvalue weighted by Crippen LogP contribution is 2.30. The van der Waals surface area contributed by atoms with Crippen molar-refractivity contribution in [2.24, 2.45) is 0 Å². The summed E-state index contributed by atoms with van der Waals surface area (Å²) in [5, 5.41) is 4.56. The smallest absolute Gasteiger partial charge is 0.252 e. The average Bonchev–Trinajstić information content (AvgIpc) is 2.77. The molecule has 2 aromatic rings. The number of imide groups is 1. The van der Waals surface area contributed by atoms with Crippen molar-refractivity contribution in [3.05, 3.63) is 35.1 Å². The van der Waals surface area contributed by atoms with Gasteiger partial charge in [-0.1, -0.05) is 22.0 Å². The minimum atomic E-state index is -0.695. The molecule has 0 spiro atoms. The fourth-order valence-corrected chi connectivity index (χ4v) is 2.82. The zero-order chi connectivity index (χ0) is 13.6. The van der Waals surface area contributed by atoms with Crippen LogP contribution in [-0.2, 0) is 15.1 Å². The number of hydrogen-bond donors (Lipinski definition) is 1. The quantitative estimate of drug-likeness (QED) is 0.821. The van der Waals surface area contributed by atoms with Gasteiger partial charge in [-0.3, -0.25) is 14.9 Å². The topological polar surface area (TPSA) is 51.1 Å². The van der Waals surface area contributed by atoms with E-state index in [1.807, 2.05) is 42.1 Å². The van der Waals surface area contributed by atoms with Gasteiger partial charge in [-0.15, -0.1) is 0 Å². The summed E-state index contributed by atoms with van der Waals surface area (Å²) in [4.78, 5) is 23.4. The van der Waals surface area contributed by atoms with E-state index >= 15 is 0 Å². The van der Waals surface area contributed by atoms with Crippen LogP contribution in [-0.4, -0.2) is 16.4 Å². The van der Waals surface area contributed by atoms with Gasteiger partial charge in [0.1, 0.15) is 5.54 Å². The lowest BCUT2D eigenvalue weighted by molar-refractivity contribution is -0.140. The number of piperidine rings is 1. The molecule has 98 valence electrons. The van der Waals surface area contributed by atoms with Crippen molar-refractivity contribution in [1.29, 1.82) is 0 Å². The lowest BCUT2D eigenvalue weighted by atomic mass is 9.91. The number of nitrogens with zero attached hydrogens (tertiary/aromatic N) is 1. The third kappa shape index (κ3) is 1.98. The van der Waals surface area contributed by atoms with Crippen LogP contribution in [0.2, 0.25) is 0 Å². The molecular formula is C14H13BrN2O2. The van der Waals surface area contributed by atoms with E-state index in [-0.39, 0.29) is 11.8 Å². The maximum Gasteiger partial charge on any atom is 0.252 e. The Morgan fingerprint density at radius 1 is 1.26 bits per heavy atom. The van der Waals surface area contributed by atoms with E-state index in [4.69, 9.17) is 0 Å². The second-order valence-electron chi connectivity index (χ2n) is 5.09. The van der Waals surface area contributed by atoms with E-state index in [1.54, 1.807) is 0 Å². The Kier molecular flexibility index (Phi) is 2.74. The molecule has 1 aromatic carbocycles. The number of fused-ring (bicyclic) bond motifs is 1. The summed E-state index contributed by atoms with van der Waals surface area (Å²) in [6, 6.07) is 5.99. The molecule has 2 heterocycles. The molecule has 1 saturated heterocycles. The van der Waals surface area contributed by atoms with Gasteiger partial charge in [0.05, 0.1) is 0 Å². The van der Waals surface area contributed by atoms with Crippen LogP contribution in [0.25, 0.3) is 10.8 Å². The van der Waals surface area contributed by atoms with Crippen LogP contribution in [0.1, 0.15) is 19.8 Å². The minimum absolute atomic E-state index is 0.193. The van der Waals surface area contributed by atoms with Crippen LogP contribution in [0.5, 0.6) is 0 Å². The number of rotatable bonds is 1. The van der Waals surface area contributed by atoms with Crippen LogP contribution in [0.3, 0.4) is 0 Å². The van der Waals surface area contributed by atoms with Crippen LogP contribution in [0, 0.1) is 0 Å². The molecular weight excluding hydrogens is 308 g/mol. The SMILES string of the molecule is C[C@]1(n2cc3ccc(Br)cc3c2)CCC(=O)NC1=O. The molecule has 1 aromatic heterocycles. The highest BCUT2D eigenvalue weighted by atomic mass is 79.9. The monoisotopic (exact) mass is 320 g/mol. The first-order chi connectivity index (χ1) is 8.99. The van der Waals surface area contributed by atoms with Crippen molar-refractivity contribution < 1.29 is 9.59 Å². The Balaban J connectivity index is 2.08. The summed E-state index contributed by atoms with van der Waals surface area (Å²) >= 11 is 3.44. The van der Waals surface area contributed by atoms with E-state index in [2.05, 4.69) is 21.2 Å². The van der Waals surface area contributed by atoms with Crippen LogP contribution in [0.4, 0.5) is 0 Å². The van der Waals surface area contributed by atoms with E-state index in [0.717, 1.165) is 15.2 Å². The summed E-state index contributed by atoms with van der Waals surface area (Å²) in [6.45, 7) is 1.86. The van der Waals surface area contributed by atoms with Crippen LogP contribution < -0.4 is 5.32 Å². The molecule has 4 nitrogen and oxygen atoms in total. The summed E-state index contributed by atoms with van der Waals surface area (Å²) in [5.74, 6) is -0.426. The largest absolute Gasteiger partial charge is 0.338 e. The van der Waals surface area contributed by atoms with Crippen LogP contribution in [0.15, 0.2) is 35.1 Å². The molecule has 1 aliphatic rings. The lowest BCUT2D eigenvalue weighted by Crippen LogP contribution is -2.52. The Morgan fingerprint density at radius 3 is 2.74 bits per heavy atom. The standard InChI is InChI=1S/C14H13BrN2O2/c1-14(5-4-12(18)16-13(14)19)17-7-9-2-3-11(15)6-10(9)8-17/h2-3,6-8H,4-5H2,1H3,(H,16,18,19)/t14-/m0/s1. The Bertz CT molecular complexity index is 692. The van der Waals surface area contributed by atoms with Gasteiger partial charge in [-0.05, 0) is 30.9 Å². The Labute approximate surface area is 118 Å². The van der Waals surface area contributed by atoms with Gasteiger partial charge in [-0.25, -0.2) is 0 Å². The normalized spacial score (nSPS) is 23.7. The first kappa shape index (κ1) is 12.4. The second-order valence-corrected chi connectivity index (χ2v) is 6.01. The van der Waals surface area contributed by atoms with Crippen molar-refractivity contribution in [2.75, 3.05) is 0 Å². The first-order valence-electron chi connectivity index (χ1n) is 6.11. The van der Waals surface area contributed by atoms with Gasteiger partial charge in [-0.2, -0.15) is 0 Å². The molecule has 0 bridgehead atoms.